The summed E-state index contributed by atoms with van der Waals surface area (Å²) in [6.45, 7) is 7.40. The van der Waals surface area contributed by atoms with Crippen molar-refractivity contribution in [1.82, 2.24) is 4.90 Å². The molecule has 3 nitrogen and oxygen atoms in total. The summed E-state index contributed by atoms with van der Waals surface area (Å²) in [7, 11) is 0. The highest BCUT2D eigenvalue weighted by Crippen LogP contribution is 2.46. The second-order valence-electron chi connectivity index (χ2n) is 9.52. The van der Waals surface area contributed by atoms with Crippen LogP contribution in [0.2, 0.25) is 0 Å². The van der Waals surface area contributed by atoms with Crippen molar-refractivity contribution in [3.05, 3.63) is 47.0 Å². The maximum absolute atomic E-state index is 13.8. The molecule has 1 N–H and O–H groups in total. The fraction of sp³-hybridized carbons (Fsp3) is 0.538. The molecule has 0 saturated carbocycles. The zero-order valence-corrected chi connectivity index (χ0v) is 20.0. The van der Waals surface area contributed by atoms with Crippen LogP contribution in [0.4, 0.5) is 24.5 Å². The van der Waals surface area contributed by atoms with Gasteiger partial charge in [-0.25, -0.2) is 0 Å². The van der Waals surface area contributed by atoms with Gasteiger partial charge in [0, 0.05) is 59.8 Å². The molecule has 0 bridgehead atoms. The van der Waals surface area contributed by atoms with Crippen molar-refractivity contribution in [2.75, 3.05) is 42.9 Å². The number of likely N-dealkylation sites (tertiary alicyclic amines) is 1. The van der Waals surface area contributed by atoms with Gasteiger partial charge in [-0.05, 0) is 74.0 Å². The van der Waals surface area contributed by atoms with Crippen molar-refractivity contribution >= 4 is 23.1 Å². The molecule has 0 aromatic heterocycles. The van der Waals surface area contributed by atoms with E-state index in [4.69, 9.17) is 0 Å². The summed E-state index contributed by atoms with van der Waals surface area (Å²) in [5.41, 5.74) is 3.50. The predicted octanol–water partition coefficient (Wildman–Crippen LogP) is 6.65. The first-order chi connectivity index (χ1) is 15.9. The van der Waals surface area contributed by atoms with Crippen LogP contribution in [0.5, 0.6) is 0 Å². The normalized spacial score (nSPS) is 19.5. The lowest BCUT2D eigenvalue weighted by molar-refractivity contribution is -0.137. The quantitative estimate of drug-likeness (QED) is 0.445. The van der Waals surface area contributed by atoms with Gasteiger partial charge in [0.15, 0.2) is 0 Å². The Morgan fingerprint density at radius 3 is 2.45 bits per heavy atom. The van der Waals surface area contributed by atoms with Gasteiger partial charge in [-0.3, -0.25) is 0 Å². The molecule has 0 unspecified atom stereocenters. The Labute approximate surface area is 198 Å². The Hall–Kier alpha value is -1.86. The molecule has 0 amide bonds. The summed E-state index contributed by atoms with van der Waals surface area (Å²) in [6, 6.07) is 9.42. The Morgan fingerprint density at radius 1 is 1.00 bits per heavy atom. The number of benzene rings is 2. The van der Waals surface area contributed by atoms with E-state index in [1.54, 1.807) is 0 Å². The number of hydrogen-bond acceptors (Lipinski definition) is 4. The maximum atomic E-state index is 13.8. The largest absolute Gasteiger partial charge is 0.416 e. The highest BCUT2D eigenvalue weighted by atomic mass is 32.2. The van der Waals surface area contributed by atoms with Crippen LogP contribution in [0.3, 0.4) is 0 Å². The third-order valence-electron chi connectivity index (χ3n) is 7.13. The predicted molar refractivity (Wildman–Crippen MR) is 130 cm³/mol. The van der Waals surface area contributed by atoms with Gasteiger partial charge in [0.2, 0.25) is 0 Å². The van der Waals surface area contributed by atoms with Crippen molar-refractivity contribution in [2.45, 2.75) is 67.5 Å². The number of rotatable bonds is 5. The number of nitrogens with zero attached hydrogens (tertiary/aromatic N) is 2. The minimum absolute atomic E-state index is 0.217. The van der Waals surface area contributed by atoms with Crippen LogP contribution in [-0.4, -0.2) is 43.7 Å². The summed E-state index contributed by atoms with van der Waals surface area (Å²) in [4.78, 5) is 6.65. The van der Waals surface area contributed by atoms with Crippen LogP contribution in [0, 0.1) is 0 Å². The molecule has 0 atom stereocenters. The second kappa shape index (κ2) is 9.41. The van der Waals surface area contributed by atoms with Gasteiger partial charge < -0.3 is 15.1 Å². The summed E-state index contributed by atoms with van der Waals surface area (Å²) >= 11 is 1.49. The lowest BCUT2D eigenvalue weighted by Gasteiger charge is -2.34. The van der Waals surface area contributed by atoms with E-state index in [1.165, 1.54) is 48.0 Å². The molecule has 0 spiro atoms. The van der Waals surface area contributed by atoms with E-state index >= 15 is 0 Å². The first-order valence-corrected chi connectivity index (χ1v) is 13.0. The Morgan fingerprint density at radius 2 is 1.76 bits per heavy atom. The summed E-state index contributed by atoms with van der Waals surface area (Å²) in [5.74, 6) is 0. The van der Waals surface area contributed by atoms with Gasteiger partial charge in [-0.15, -0.1) is 0 Å². The molecule has 2 aromatic carbocycles. The topological polar surface area (TPSA) is 18.5 Å². The van der Waals surface area contributed by atoms with Crippen LogP contribution in [0.1, 0.15) is 55.7 Å². The molecular weight excluding hydrogens is 443 g/mol. The molecule has 2 aromatic rings. The Bertz CT molecular complexity index is 993. The molecule has 0 radical (unpaired) electrons. The van der Waals surface area contributed by atoms with Crippen LogP contribution in [0.15, 0.2) is 40.1 Å². The van der Waals surface area contributed by atoms with E-state index in [-0.39, 0.29) is 6.04 Å². The number of alkyl halides is 3. The molecule has 5 rings (SSSR count). The minimum Gasteiger partial charge on any atom is -0.382 e. The molecule has 3 aliphatic rings. The highest BCUT2D eigenvalue weighted by Gasteiger charge is 2.34. The first-order valence-electron chi connectivity index (χ1n) is 12.2. The lowest BCUT2D eigenvalue weighted by atomic mass is 9.98. The van der Waals surface area contributed by atoms with E-state index in [9.17, 15) is 13.2 Å². The second-order valence-corrected chi connectivity index (χ2v) is 10.6. The van der Waals surface area contributed by atoms with Gasteiger partial charge >= 0.3 is 6.18 Å². The minimum atomic E-state index is -4.35. The average Bonchev–Trinajstić information content (AvgIpc) is 3.33. The van der Waals surface area contributed by atoms with Crippen LogP contribution in [-0.2, 0) is 12.6 Å². The zero-order chi connectivity index (χ0) is 23.0. The first kappa shape index (κ1) is 22.9. The molecule has 2 saturated heterocycles. The van der Waals surface area contributed by atoms with Gasteiger partial charge in [-0.2, -0.15) is 13.2 Å². The third-order valence-corrected chi connectivity index (χ3v) is 8.32. The fourth-order valence-electron chi connectivity index (χ4n) is 5.31. The Kier molecular flexibility index (Phi) is 6.54. The molecular formula is C26H32F3N3S. The SMILES string of the molecule is CCCN1CCC(Nc2cc(C(F)(F)F)cc3c2Cc2ccc(N4CCCC4)cc2S3)CC1. The smallest absolute Gasteiger partial charge is 0.382 e. The highest BCUT2D eigenvalue weighted by molar-refractivity contribution is 7.99. The molecule has 2 fully saturated rings. The van der Waals surface area contributed by atoms with E-state index in [1.807, 2.05) is 0 Å². The number of hydrogen-bond donors (Lipinski definition) is 1. The van der Waals surface area contributed by atoms with Crippen molar-refractivity contribution < 1.29 is 13.2 Å². The third kappa shape index (κ3) is 4.99. The van der Waals surface area contributed by atoms with Crippen molar-refractivity contribution in [2.24, 2.45) is 0 Å². The molecule has 7 heteroatoms. The van der Waals surface area contributed by atoms with Crippen LogP contribution < -0.4 is 10.2 Å². The van der Waals surface area contributed by atoms with Gasteiger partial charge in [0.05, 0.1) is 5.56 Å². The number of fused-ring (bicyclic) bond motifs is 2. The van der Waals surface area contributed by atoms with Gasteiger partial charge in [0.1, 0.15) is 0 Å². The maximum Gasteiger partial charge on any atom is 0.416 e. The lowest BCUT2D eigenvalue weighted by Crippen LogP contribution is -2.39. The van der Waals surface area contributed by atoms with Crippen LogP contribution >= 0.6 is 11.8 Å². The van der Waals surface area contributed by atoms with Gasteiger partial charge in [0.25, 0.3) is 0 Å². The number of anilines is 2. The molecule has 0 aliphatic carbocycles. The van der Waals surface area contributed by atoms with Crippen LogP contribution in [0.25, 0.3) is 0 Å². The van der Waals surface area contributed by atoms with Crippen molar-refractivity contribution in [3.63, 3.8) is 0 Å². The average molecular weight is 476 g/mol. The van der Waals surface area contributed by atoms with E-state index < -0.39 is 11.7 Å². The summed E-state index contributed by atoms with van der Waals surface area (Å²) < 4.78 is 41.3. The molecule has 3 heterocycles. The van der Waals surface area contributed by atoms with Crippen molar-refractivity contribution in [1.29, 1.82) is 0 Å². The van der Waals surface area contributed by atoms with Gasteiger partial charge in [-0.1, -0.05) is 24.8 Å². The molecule has 33 heavy (non-hydrogen) atoms. The Balaban J connectivity index is 1.42. The van der Waals surface area contributed by atoms with E-state index in [2.05, 4.69) is 40.2 Å². The molecule has 3 aliphatic heterocycles. The van der Waals surface area contributed by atoms with E-state index in [0.717, 1.165) is 67.3 Å². The summed E-state index contributed by atoms with van der Waals surface area (Å²) in [5, 5.41) is 3.52. The summed E-state index contributed by atoms with van der Waals surface area (Å²) in [6.07, 6.45) is 1.79. The molecule has 178 valence electrons. The fourth-order valence-corrected chi connectivity index (χ4v) is 6.49. The zero-order valence-electron chi connectivity index (χ0n) is 19.2. The van der Waals surface area contributed by atoms with E-state index in [0.29, 0.717) is 12.1 Å². The monoisotopic (exact) mass is 475 g/mol. The van der Waals surface area contributed by atoms with Crippen molar-refractivity contribution in [3.8, 4) is 0 Å². The number of halogens is 3. The number of nitrogens with one attached hydrogen (secondary N) is 1. The standard InChI is InChI=1S/C26H32F3N3S/c1-2-9-31-12-7-20(8-13-31)30-23-15-19(26(27,28)29)16-25-22(23)14-18-5-6-21(17-24(18)33-25)32-10-3-4-11-32/h5-6,15-17,20,30H,2-4,7-14H2,1H3. The number of piperidine rings is 1.